The molecule has 0 aliphatic carbocycles. The highest BCUT2D eigenvalue weighted by Gasteiger charge is 2.31. The normalized spacial score (nSPS) is 15.3. The summed E-state index contributed by atoms with van der Waals surface area (Å²) in [5.74, 6) is -0.0673. The summed E-state index contributed by atoms with van der Waals surface area (Å²) in [6.07, 6.45) is 0.0839. The van der Waals surface area contributed by atoms with Crippen molar-refractivity contribution >= 4 is 17.7 Å². The number of amides is 1. The molecule has 0 unspecified atom stereocenters. The topological polar surface area (TPSA) is 119 Å². The van der Waals surface area contributed by atoms with E-state index < -0.39 is 11.5 Å². The number of methoxy groups -OCH3 is 1. The van der Waals surface area contributed by atoms with Gasteiger partial charge in [-0.05, 0) is 35.4 Å². The predicted molar refractivity (Wildman–Crippen MR) is 108 cm³/mol. The van der Waals surface area contributed by atoms with E-state index in [0.717, 1.165) is 5.56 Å². The Morgan fingerprint density at radius 2 is 1.93 bits per heavy atom. The van der Waals surface area contributed by atoms with E-state index in [-0.39, 0.29) is 36.5 Å². The maximum absolute atomic E-state index is 13.0. The number of carbonyl (C=O) groups is 1. The molecule has 0 saturated heterocycles. The van der Waals surface area contributed by atoms with Crippen LogP contribution in [0.2, 0.25) is 0 Å². The number of aromatic amines is 1. The van der Waals surface area contributed by atoms with Crippen molar-refractivity contribution < 1.29 is 18.7 Å². The molecule has 0 fully saturated rings. The molecule has 1 atom stereocenters. The smallest absolute Gasteiger partial charge is 0.258 e. The van der Waals surface area contributed by atoms with Gasteiger partial charge in [-0.2, -0.15) is 4.98 Å². The van der Waals surface area contributed by atoms with Crippen LogP contribution in [0.5, 0.6) is 11.5 Å². The summed E-state index contributed by atoms with van der Waals surface area (Å²) in [6.45, 7) is 0.230. The van der Waals surface area contributed by atoms with Gasteiger partial charge in [0, 0.05) is 12.3 Å². The van der Waals surface area contributed by atoms with E-state index in [4.69, 9.17) is 15.2 Å². The Hall–Kier alpha value is -3.88. The van der Waals surface area contributed by atoms with Gasteiger partial charge in [0.25, 0.3) is 5.56 Å². The maximum Gasteiger partial charge on any atom is 0.258 e. The number of fused-ring (bicyclic) bond motifs is 1. The Morgan fingerprint density at radius 1 is 1.17 bits per heavy atom. The lowest BCUT2D eigenvalue weighted by Crippen LogP contribution is -2.31. The summed E-state index contributed by atoms with van der Waals surface area (Å²) in [7, 11) is 1.50. The summed E-state index contributed by atoms with van der Waals surface area (Å²) in [6, 6.07) is 11.2. The molecule has 0 saturated carbocycles. The summed E-state index contributed by atoms with van der Waals surface area (Å²) in [5.41, 5.74) is 7.03. The summed E-state index contributed by atoms with van der Waals surface area (Å²) in [5, 5.41) is 2.59. The van der Waals surface area contributed by atoms with Crippen LogP contribution >= 0.6 is 0 Å². The summed E-state index contributed by atoms with van der Waals surface area (Å²) >= 11 is 0. The van der Waals surface area contributed by atoms with Gasteiger partial charge in [0.2, 0.25) is 11.9 Å². The van der Waals surface area contributed by atoms with Gasteiger partial charge < -0.3 is 20.5 Å². The first kappa shape index (κ1) is 19.4. The predicted octanol–water partition coefficient (Wildman–Crippen LogP) is 2.55. The van der Waals surface area contributed by atoms with Gasteiger partial charge in [-0.1, -0.05) is 18.2 Å². The van der Waals surface area contributed by atoms with E-state index >= 15 is 0 Å². The fourth-order valence-corrected chi connectivity index (χ4v) is 3.44. The van der Waals surface area contributed by atoms with Crippen molar-refractivity contribution in [3.05, 3.63) is 75.3 Å². The third-order valence-electron chi connectivity index (χ3n) is 4.87. The highest BCUT2D eigenvalue weighted by Crippen LogP contribution is 2.38. The SMILES string of the molecule is COc1cc([C@H]2CC(=O)Nc3nc(N)[nH]c(=O)c32)ccc1OCc1ccc(F)cc1. The molecule has 1 aromatic heterocycles. The Kier molecular flexibility index (Phi) is 5.09. The number of benzene rings is 2. The van der Waals surface area contributed by atoms with Crippen LogP contribution in [0.25, 0.3) is 0 Å². The van der Waals surface area contributed by atoms with Crippen LogP contribution in [-0.2, 0) is 11.4 Å². The van der Waals surface area contributed by atoms with E-state index in [9.17, 15) is 14.0 Å². The molecule has 2 aromatic carbocycles. The molecule has 3 aromatic rings. The zero-order valence-electron chi connectivity index (χ0n) is 16.1. The highest BCUT2D eigenvalue weighted by molar-refractivity contribution is 5.94. The van der Waals surface area contributed by atoms with Crippen LogP contribution in [0.4, 0.5) is 16.2 Å². The molecule has 2 heterocycles. The minimum Gasteiger partial charge on any atom is -0.493 e. The van der Waals surface area contributed by atoms with Gasteiger partial charge >= 0.3 is 0 Å². The van der Waals surface area contributed by atoms with Gasteiger partial charge in [-0.25, -0.2) is 4.39 Å². The van der Waals surface area contributed by atoms with Crippen molar-refractivity contribution in [2.75, 3.05) is 18.2 Å². The van der Waals surface area contributed by atoms with Crippen LogP contribution < -0.4 is 26.1 Å². The van der Waals surface area contributed by atoms with Gasteiger partial charge in [0.1, 0.15) is 18.2 Å². The Morgan fingerprint density at radius 3 is 2.67 bits per heavy atom. The number of aromatic nitrogens is 2. The third kappa shape index (κ3) is 3.82. The maximum atomic E-state index is 13.0. The number of rotatable bonds is 5. The van der Waals surface area contributed by atoms with Crippen LogP contribution in [0.15, 0.2) is 47.3 Å². The monoisotopic (exact) mass is 410 g/mol. The first-order chi connectivity index (χ1) is 14.4. The lowest BCUT2D eigenvalue weighted by atomic mass is 9.86. The van der Waals surface area contributed by atoms with Crippen molar-refractivity contribution in [2.24, 2.45) is 0 Å². The lowest BCUT2D eigenvalue weighted by Gasteiger charge is -2.25. The molecule has 4 N–H and O–H groups in total. The van der Waals surface area contributed by atoms with Crippen LogP contribution in [0.3, 0.4) is 0 Å². The minimum atomic E-state index is -0.509. The first-order valence-electron chi connectivity index (χ1n) is 9.19. The van der Waals surface area contributed by atoms with Crippen LogP contribution in [0.1, 0.15) is 29.0 Å². The van der Waals surface area contributed by atoms with Crippen molar-refractivity contribution in [3.63, 3.8) is 0 Å². The molecule has 8 nitrogen and oxygen atoms in total. The quantitative estimate of drug-likeness (QED) is 0.595. The molecule has 1 aliphatic heterocycles. The molecule has 0 radical (unpaired) electrons. The average Bonchev–Trinajstić information content (AvgIpc) is 2.72. The third-order valence-corrected chi connectivity index (χ3v) is 4.87. The van der Waals surface area contributed by atoms with E-state index in [1.165, 1.54) is 19.2 Å². The average molecular weight is 410 g/mol. The molecular weight excluding hydrogens is 391 g/mol. The number of ether oxygens (including phenoxy) is 2. The second-order valence-electron chi connectivity index (χ2n) is 6.84. The highest BCUT2D eigenvalue weighted by atomic mass is 19.1. The number of nitrogens with one attached hydrogen (secondary N) is 2. The summed E-state index contributed by atoms with van der Waals surface area (Å²) < 4.78 is 24.3. The number of H-pyrrole nitrogens is 1. The second-order valence-corrected chi connectivity index (χ2v) is 6.84. The number of anilines is 2. The van der Waals surface area contributed by atoms with Crippen LogP contribution in [-0.4, -0.2) is 23.0 Å². The number of hydrogen-bond acceptors (Lipinski definition) is 6. The van der Waals surface area contributed by atoms with E-state index in [1.54, 1.807) is 30.3 Å². The Bertz CT molecular complexity index is 1160. The van der Waals surface area contributed by atoms with Crippen molar-refractivity contribution in [1.82, 2.24) is 9.97 Å². The first-order valence-corrected chi connectivity index (χ1v) is 9.19. The molecule has 4 rings (SSSR count). The van der Waals surface area contributed by atoms with Crippen molar-refractivity contribution in [1.29, 1.82) is 0 Å². The summed E-state index contributed by atoms with van der Waals surface area (Å²) in [4.78, 5) is 31.1. The fourth-order valence-electron chi connectivity index (χ4n) is 3.44. The van der Waals surface area contributed by atoms with Gasteiger partial charge in [0.15, 0.2) is 11.5 Å². The van der Waals surface area contributed by atoms with Gasteiger partial charge in [-0.15, -0.1) is 0 Å². The number of halogens is 1. The van der Waals surface area contributed by atoms with Gasteiger partial charge in [-0.3, -0.25) is 14.6 Å². The van der Waals surface area contributed by atoms with Crippen molar-refractivity contribution in [2.45, 2.75) is 18.9 Å². The second kappa shape index (κ2) is 7.86. The molecule has 1 aliphatic rings. The standard InChI is InChI=1S/C21H19FN4O4/c1-29-16-8-12(4-7-15(16)30-10-11-2-5-13(22)6-3-11)14-9-17(27)24-19-18(14)20(28)26-21(23)25-19/h2-8,14H,9-10H2,1H3,(H4,23,24,25,26,27,28)/t14-/m1/s1. The number of nitrogens with two attached hydrogens (primary N) is 1. The van der Waals surface area contributed by atoms with E-state index in [0.29, 0.717) is 22.6 Å². The van der Waals surface area contributed by atoms with Crippen molar-refractivity contribution in [3.8, 4) is 11.5 Å². The molecule has 0 bridgehead atoms. The molecule has 30 heavy (non-hydrogen) atoms. The number of hydrogen-bond donors (Lipinski definition) is 3. The zero-order valence-corrected chi connectivity index (χ0v) is 16.1. The molecule has 9 heteroatoms. The molecule has 154 valence electrons. The van der Waals surface area contributed by atoms with E-state index in [1.807, 2.05) is 0 Å². The van der Waals surface area contributed by atoms with Gasteiger partial charge in [0.05, 0.1) is 12.7 Å². The molecular formula is C21H19FN4O4. The number of nitrogen functional groups attached to an aromatic ring is 1. The number of carbonyl (C=O) groups excluding carboxylic acids is 1. The number of nitrogens with zero attached hydrogens (tertiary/aromatic N) is 1. The molecule has 1 amide bonds. The largest absolute Gasteiger partial charge is 0.493 e. The molecule has 0 spiro atoms. The Balaban J connectivity index is 1.64. The zero-order chi connectivity index (χ0) is 21.3. The Labute approximate surface area is 170 Å². The minimum absolute atomic E-state index is 0.0678. The fraction of sp³-hybridized carbons (Fsp3) is 0.190. The van der Waals surface area contributed by atoms with E-state index in [2.05, 4.69) is 15.3 Å². The lowest BCUT2D eigenvalue weighted by molar-refractivity contribution is -0.116. The van der Waals surface area contributed by atoms with Crippen LogP contribution in [0, 0.1) is 5.82 Å².